The van der Waals surface area contributed by atoms with Gasteiger partial charge in [-0.2, -0.15) is 0 Å². The second-order valence-electron chi connectivity index (χ2n) is 8.17. The summed E-state index contributed by atoms with van der Waals surface area (Å²) in [5.41, 5.74) is -0.672. The second kappa shape index (κ2) is 7.32. The predicted molar refractivity (Wildman–Crippen MR) is 133 cm³/mol. The van der Waals surface area contributed by atoms with Crippen molar-refractivity contribution in [2.24, 2.45) is 0 Å². The fourth-order valence-electron chi connectivity index (χ4n) is 4.75. The van der Waals surface area contributed by atoms with Crippen molar-refractivity contribution in [1.82, 2.24) is 9.55 Å². The van der Waals surface area contributed by atoms with Crippen LogP contribution in [-0.4, -0.2) is 20.6 Å². The van der Waals surface area contributed by atoms with Gasteiger partial charge in [-0.15, -0.1) is 0 Å². The number of H-pyrrole nitrogens is 1. The number of nitrogens with one attached hydrogen (secondary N) is 1. The van der Waals surface area contributed by atoms with Crippen molar-refractivity contribution in [2.45, 2.75) is 6.54 Å². The third-order valence-corrected chi connectivity index (χ3v) is 6.17. The minimum Gasteiger partial charge on any atom is -0.480 e. The highest BCUT2D eigenvalue weighted by Gasteiger charge is 2.13. The van der Waals surface area contributed by atoms with Gasteiger partial charge in [0.1, 0.15) is 12.1 Å². The van der Waals surface area contributed by atoms with Gasteiger partial charge in [-0.25, -0.2) is 4.79 Å². The highest BCUT2D eigenvalue weighted by molar-refractivity contribution is 6.33. The molecule has 0 aliphatic carbocycles. The number of carboxylic acids is 1. The van der Waals surface area contributed by atoms with Crippen LogP contribution in [0.1, 0.15) is 11.1 Å². The summed E-state index contributed by atoms with van der Waals surface area (Å²) in [6.45, 7) is -0.559. The number of fused-ring (bicyclic) bond motifs is 2. The Labute approximate surface area is 192 Å². The lowest BCUT2D eigenvalue weighted by Crippen LogP contribution is -2.32. The minimum absolute atomic E-state index is 0.0245. The highest BCUT2D eigenvalue weighted by atomic mass is 16.4. The number of nitrogens with zero attached hydrogens (tertiary/aromatic N) is 1. The summed E-state index contributed by atoms with van der Waals surface area (Å²) in [5.74, 6) is 4.70. The Hall–Kier alpha value is -4.89. The molecule has 0 aliphatic rings. The average molecular weight is 444 g/mol. The van der Waals surface area contributed by atoms with Crippen LogP contribution >= 0.6 is 0 Å². The van der Waals surface area contributed by atoms with Crippen LogP contribution in [0.2, 0.25) is 0 Å². The van der Waals surface area contributed by atoms with Gasteiger partial charge in [0.25, 0.3) is 5.56 Å². The zero-order valence-electron chi connectivity index (χ0n) is 17.8. The van der Waals surface area contributed by atoms with Crippen molar-refractivity contribution in [1.29, 1.82) is 0 Å². The van der Waals surface area contributed by atoms with Gasteiger partial charge in [0, 0.05) is 11.8 Å². The van der Waals surface area contributed by atoms with Crippen LogP contribution in [0.25, 0.3) is 43.1 Å². The van der Waals surface area contributed by atoms with Gasteiger partial charge in [-0.3, -0.25) is 19.1 Å². The van der Waals surface area contributed by atoms with Gasteiger partial charge in [0.05, 0.1) is 0 Å². The molecule has 0 amide bonds. The molecule has 34 heavy (non-hydrogen) atoms. The van der Waals surface area contributed by atoms with E-state index in [4.69, 9.17) is 5.11 Å². The first-order valence-corrected chi connectivity index (χ1v) is 10.7. The van der Waals surface area contributed by atoms with Crippen molar-refractivity contribution in [3.05, 3.63) is 105 Å². The molecule has 0 spiro atoms. The first kappa shape index (κ1) is 19.8. The smallest absolute Gasteiger partial charge is 0.328 e. The molecule has 6 aromatic rings. The van der Waals surface area contributed by atoms with Gasteiger partial charge >= 0.3 is 11.7 Å². The van der Waals surface area contributed by atoms with Gasteiger partial charge in [-0.1, -0.05) is 72.5 Å². The Morgan fingerprint density at radius 2 is 1.35 bits per heavy atom. The summed E-state index contributed by atoms with van der Waals surface area (Å²) < 4.78 is 0.920. The third-order valence-electron chi connectivity index (χ3n) is 6.17. The maximum absolute atomic E-state index is 12.3. The molecule has 0 saturated carbocycles. The van der Waals surface area contributed by atoms with Crippen LogP contribution in [0.4, 0.5) is 0 Å². The fourth-order valence-corrected chi connectivity index (χ4v) is 4.75. The molecule has 5 aromatic carbocycles. The quantitative estimate of drug-likeness (QED) is 0.239. The monoisotopic (exact) mass is 444 g/mol. The lowest BCUT2D eigenvalue weighted by Gasteiger charge is -2.14. The summed E-state index contributed by atoms with van der Waals surface area (Å²) in [5, 5.41) is 18.1. The Kier molecular flexibility index (Phi) is 4.26. The molecule has 6 rings (SSSR count). The van der Waals surface area contributed by atoms with Crippen LogP contribution < -0.4 is 11.2 Å². The standard InChI is InChI=1S/C28H16N2O4/c31-24(32)15-30-14-18(27(33)29-28(30)34)11-10-16-12-13-23-21-8-2-5-17-4-1-7-20(25(17)21)22-9-3-6-19(16)26(22)23/h1-9,12-14H,15H2,(H,31,32)(H,29,33,34). The number of hydrogen-bond acceptors (Lipinski definition) is 3. The van der Waals surface area contributed by atoms with Crippen LogP contribution in [-0.2, 0) is 11.3 Å². The normalized spacial score (nSPS) is 11.3. The molecule has 1 heterocycles. The summed E-state index contributed by atoms with van der Waals surface area (Å²) in [6.07, 6.45) is 1.18. The topological polar surface area (TPSA) is 92.2 Å². The summed E-state index contributed by atoms with van der Waals surface area (Å²) >= 11 is 0. The molecular weight excluding hydrogens is 428 g/mol. The lowest BCUT2D eigenvalue weighted by molar-refractivity contribution is -0.137. The van der Waals surface area contributed by atoms with Gasteiger partial charge in [0.2, 0.25) is 0 Å². The van der Waals surface area contributed by atoms with E-state index < -0.39 is 23.8 Å². The third kappa shape index (κ3) is 2.95. The fraction of sp³-hybridized carbons (Fsp3) is 0.0357. The average Bonchev–Trinajstić information content (AvgIpc) is 2.83. The molecule has 0 aliphatic heterocycles. The number of carboxylic acid groups (broad SMARTS) is 1. The van der Waals surface area contributed by atoms with Crippen LogP contribution in [0.5, 0.6) is 0 Å². The van der Waals surface area contributed by atoms with Gasteiger partial charge in [0.15, 0.2) is 0 Å². The van der Waals surface area contributed by atoms with Crippen LogP contribution in [0, 0.1) is 11.8 Å². The van der Waals surface area contributed by atoms with E-state index in [-0.39, 0.29) is 5.56 Å². The number of aromatic nitrogens is 2. The SMILES string of the molecule is O=C(O)Cn1cc(C#Cc2ccc3c4cccc5cccc(c6cccc2c63)c54)c(=O)[nH]c1=O. The van der Waals surface area contributed by atoms with Crippen molar-refractivity contribution < 1.29 is 9.90 Å². The van der Waals surface area contributed by atoms with Crippen molar-refractivity contribution in [3.63, 3.8) is 0 Å². The summed E-state index contributed by atoms with van der Waals surface area (Å²) in [4.78, 5) is 37.3. The number of hydrogen-bond donors (Lipinski definition) is 2. The number of benzene rings is 5. The zero-order valence-corrected chi connectivity index (χ0v) is 17.8. The zero-order chi connectivity index (χ0) is 23.4. The van der Waals surface area contributed by atoms with Crippen molar-refractivity contribution >= 4 is 49.1 Å². The van der Waals surface area contributed by atoms with Crippen molar-refractivity contribution in [2.75, 3.05) is 0 Å². The summed E-state index contributed by atoms with van der Waals surface area (Å²) in [6, 6.07) is 22.7. The number of carbonyl (C=O) groups is 1. The highest BCUT2D eigenvalue weighted by Crippen LogP contribution is 2.40. The Morgan fingerprint density at radius 3 is 2.06 bits per heavy atom. The minimum atomic E-state index is -1.19. The molecule has 6 nitrogen and oxygen atoms in total. The molecule has 0 atom stereocenters. The van der Waals surface area contributed by atoms with Crippen LogP contribution in [0.3, 0.4) is 0 Å². The Bertz CT molecular complexity index is 1920. The number of rotatable bonds is 2. The van der Waals surface area contributed by atoms with E-state index in [1.165, 1.54) is 27.7 Å². The summed E-state index contributed by atoms with van der Waals surface area (Å²) in [7, 11) is 0. The molecule has 0 radical (unpaired) electrons. The maximum atomic E-state index is 12.3. The first-order chi connectivity index (χ1) is 16.5. The largest absolute Gasteiger partial charge is 0.480 e. The number of aromatic amines is 1. The number of aliphatic carboxylic acids is 1. The van der Waals surface area contributed by atoms with E-state index in [0.29, 0.717) is 0 Å². The van der Waals surface area contributed by atoms with E-state index in [1.807, 2.05) is 18.2 Å². The predicted octanol–water partition coefficient (Wildman–Crippen LogP) is 4.07. The molecule has 0 unspecified atom stereocenters. The molecule has 6 heteroatoms. The molecule has 0 bridgehead atoms. The van der Waals surface area contributed by atoms with E-state index in [1.54, 1.807) is 0 Å². The molecule has 0 fully saturated rings. The first-order valence-electron chi connectivity index (χ1n) is 10.7. The maximum Gasteiger partial charge on any atom is 0.328 e. The van der Waals surface area contributed by atoms with E-state index in [9.17, 15) is 14.4 Å². The van der Waals surface area contributed by atoms with E-state index >= 15 is 0 Å². The van der Waals surface area contributed by atoms with Crippen LogP contribution in [0.15, 0.2) is 82.5 Å². The molecule has 2 N–H and O–H groups in total. The second-order valence-corrected chi connectivity index (χ2v) is 8.17. The molecular formula is C28H16N2O4. The Balaban J connectivity index is 1.61. The van der Waals surface area contributed by atoms with E-state index in [0.717, 1.165) is 31.7 Å². The van der Waals surface area contributed by atoms with Gasteiger partial charge < -0.3 is 5.11 Å². The molecule has 0 saturated heterocycles. The van der Waals surface area contributed by atoms with Gasteiger partial charge in [-0.05, 0) is 49.2 Å². The molecule has 1 aromatic heterocycles. The lowest BCUT2D eigenvalue weighted by atomic mass is 9.88. The molecule has 162 valence electrons. The Morgan fingerprint density at radius 1 is 0.765 bits per heavy atom. The van der Waals surface area contributed by atoms with E-state index in [2.05, 4.69) is 65.4 Å². The van der Waals surface area contributed by atoms with Crippen molar-refractivity contribution in [3.8, 4) is 11.8 Å².